The number of nitrogens with one attached hydrogen (secondary N) is 1. The lowest BCUT2D eigenvalue weighted by Crippen LogP contribution is -2.38. The Morgan fingerprint density at radius 1 is 1.25 bits per heavy atom. The summed E-state index contributed by atoms with van der Waals surface area (Å²) in [5.74, 6) is -0.740. The van der Waals surface area contributed by atoms with E-state index in [4.69, 9.17) is 5.26 Å². The van der Waals surface area contributed by atoms with Gasteiger partial charge in [0.15, 0.2) is 0 Å². The summed E-state index contributed by atoms with van der Waals surface area (Å²) in [6.07, 6.45) is -4.92. The summed E-state index contributed by atoms with van der Waals surface area (Å²) in [4.78, 5) is 0.0678. The van der Waals surface area contributed by atoms with Crippen molar-refractivity contribution < 1.29 is 26.0 Å². The number of alkyl halides is 3. The summed E-state index contributed by atoms with van der Waals surface area (Å²) in [5.41, 5.74) is -0.272. The topological polar surface area (TPSA) is 70.0 Å². The van der Waals surface area contributed by atoms with Crippen LogP contribution in [0, 0.1) is 24.1 Å². The van der Waals surface area contributed by atoms with Gasteiger partial charge in [-0.15, -0.1) is 11.3 Å². The van der Waals surface area contributed by atoms with Gasteiger partial charge in [-0.2, -0.15) is 23.2 Å². The molecule has 1 unspecified atom stereocenters. The van der Waals surface area contributed by atoms with Gasteiger partial charge in [-0.05, 0) is 36.2 Å². The van der Waals surface area contributed by atoms with E-state index >= 15 is 0 Å². The van der Waals surface area contributed by atoms with Crippen molar-refractivity contribution in [1.29, 1.82) is 5.26 Å². The molecule has 0 aliphatic rings. The number of rotatable bonds is 4. The smallest absolute Gasteiger partial charge is 0.207 e. The van der Waals surface area contributed by atoms with Gasteiger partial charge in [0.2, 0.25) is 0 Å². The van der Waals surface area contributed by atoms with Crippen molar-refractivity contribution >= 4 is 21.4 Å². The Bertz CT molecular complexity index is 881. The van der Waals surface area contributed by atoms with E-state index in [1.807, 2.05) is 0 Å². The summed E-state index contributed by atoms with van der Waals surface area (Å²) in [6.45, 7) is 1.38. The molecule has 1 aromatic heterocycles. The van der Waals surface area contributed by atoms with E-state index in [0.29, 0.717) is 11.3 Å². The highest BCUT2D eigenvalue weighted by Gasteiger charge is 2.44. The predicted molar refractivity (Wildman–Crippen MR) is 79.3 cm³/mol. The summed E-state index contributed by atoms with van der Waals surface area (Å²) in [6, 6.07) is 3.83. The van der Waals surface area contributed by atoms with Gasteiger partial charge >= 0.3 is 6.18 Å². The average molecular weight is 378 g/mol. The largest absolute Gasteiger partial charge is 0.408 e. The Kier molecular flexibility index (Phi) is 4.98. The van der Waals surface area contributed by atoms with Crippen LogP contribution in [-0.2, 0) is 10.0 Å². The fraction of sp³-hybridized carbons (Fsp3) is 0.214. The van der Waals surface area contributed by atoms with Gasteiger partial charge in [-0.1, -0.05) is 12.1 Å². The maximum atomic E-state index is 13.3. The third-order valence-corrected chi connectivity index (χ3v) is 6.23. The lowest BCUT2D eigenvalue weighted by Gasteiger charge is -2.21. The van der Waals surface area contributed by atoms with Crippen LogP contribution in [0.1, 0.15) is 22.0 Å². The lowest BCUT2D eigenvalue weighted by molar-refractivity contribution is -0.153. The van der Waals surface area contributed by atoms with E-state index in [-0.39, 0.29) is 14.6 Å². The predicted octanol–water partition coefficient (Wildman–Crippen LogP) is 3.65. The normalized spacial score (nSPS) is 13.5. The third kappa shape index (κ3) is 3.92. The number of benzene rings is 1. The van der Waals surface area contributed by atoms with Crippen LogP contribution in [0.15, 0.2) is 34.5 Å². The van der Waals surface area contributed by atoms with E-state index in [2.05, 4.69) is 0 Å². The van der Waals surface area contributed by atoms with Crippen molar-refractivity contribution in [1.82, 2.24) is 4.72 Å². The van der Waals surface area contributed by atoms with Crippen LogP contribution in [0.2, 0.25) is 0 Å². The number of hydrogen-bond acceptors (Lipinski definition) is 4. The Balaban J connectivity index is 2.44. The molecule has 128 valence electrons. The molecule has 0 amide bonds. The molecule has 1 heterocycles. The van der Waals surface area contributed by atoms with Crippen LogP contribution in [0.3, 0.4) is 0 Å². The zero-order chi connectivity index (χ0) is 18.1. The van der Waals surface area contributed by atoms with Gasteiger partial charge in [0, 0.05) is 0 Å². The van der Waals surface area contributed by atoms with Gasteiger partial charge in [0.1, 0.15) is 27.0 Å². The first-order chi connectivity index (χ1) is 11.0. The van der Waals surface area contributed by atoms with Crippen LogP contribution in [-0.4, -0.2) is 14.6 Å². The maximum Gasteiger partial charge on any atom is 0.408 e. The monoisotopic (exact) mass is 378 g/mol. The Hall–Kier alpha value is -1.96. The number of nitrogens with zero attached hydrogens (tertiary/aromatic N) is 1. The first kappa shape index (κ1) is 18.4. The SMILES string of the molecule is Cc1cc(C#N)sc1S(=O)(=O)NC(c1ccc(F)cc1)C(F)(F)F. The molecule has 1 N–H and O–H groups in total. The molecule has 0 bridgehead atoms. The van der Waals surface area contributed by atoms with Crippen LogP contribution in [0.5, 0.6) is 0 Å². The highest BCUT2D eigenvalue weighted by Crippen LogP contribution is 2.35. The first-order valence-electron chi connectivity index (χ1n) is 6.39. The molecular formula is C14H10F4N2O2S2. The third-order valence-electron chi connectivity index (χ3n) is 3.03. The second-order valence-electron chi connectivity index (χ2n) is 4.84. The number of sulfonamides is 1. The molecule has 0 spiro atoms. The van der Waals surface area contributed by atoms with Gasteiger partial charge in [-0.3, -0.25) is 0 Å². The van der Waals surface area contributed by atoms with Crippen LogP contribution in [0.4, 0.5) is 17.6 Å². The molecule has 2 aromatic rings. The molecule has 24 heavy (non-hydrogen) atoms. The van der Waals surface area contributed by atoms with Gasteiger partial charge in [-0.25, -0.2) is 12.8 Å². The van der Waals surface area contributed by atoms with Crippen molar-refractivity contribution in [3.8, 4) is 6.07 Å². The van der Waals surface area contributed by atoms with Crippen molar-refractivity contribution in [3.63, 3.8) is 0 Å². The van der Waals surface area contributed by atoms with Crippen LogP contribution >= 0.6 is 11.3 Å². The minimum atomic E-state index is -4.92. The minimum absolute atomic E-state index is 0.0678. The highest BCUT2D eigenvalue weighted by molar-refractivity contribution is 7.91. The molecule has 4 nitrogen and oxygen atoms in total. The molecule has 1 atom stereocenters. The fourth-order valence-corrected chi connectivity index (χ4v) is 4.70. The summed E-state index contributed by atoms with van der Waals surface area (Å²) in [7, 11) is -4.52. The second-order valence-corrected chi connectivity index (χ2v) is 7.80. The molecule has 0 aliphatic heterocycles. The number of hydrogen-bond donors (Lipinski definition) is 1. The molecule has 0 saturated carbocycles. The van der Waals surface area contributed by atoms with E-state index < -0.39 is 33.6 Å². The molecule has 1 aromatic carbocycles. The Labute approximate surface area is 139 Å². The van der Waals surface area contributed by atoms with Crippen molar-refractivity contribution in [2.24, 2.45) is 0 Å². The highest BCUT2D eigenvalue weighted by atomic mass is 32.2. The van der Waals surface area contributed by atoms with Crippen LogP contribution < -0.4 is 4.72 Å². The number of thiophene rings is 1. The fourth-order valence-electron chi connectivity index (χ4n) is 1.98. The summed E-state index contributed by atoms with van der Waals surface area (Å²) >= 11 is 0.578. The standard InChI is InChI=1S/C14H10F4N2O2S2/c1-8-6-11(7-19)23-13(8)24(21,22)20-12(14(16,17)18)9-2-4-10(15)5-3-9/h2-6,12,20H,1H3. The molecule has 0 radical (unpaired) electrons. The average Bonchev–Trinajstić information content (AvgIpc) is 2.87. The minimum Gasteiger partial charge on any atom is -0.207 e. The first-order valence-corrected chi connectivity index (χ1v) is 8.69. The quantitative estimate of drug-likeness (QED) is 0.826. The van der Waals surface area contributed by atoms with Gasteiger partial charge in [0.25, 0.3) is 10.0 Å². The van der Waals surface area contributed by atoms with Crippen LogP contribution in [0.25, 0.3) is 0 Å². The molecule has 0 saturated heterocycles. The molecule has 2 rings (SSSR count). The Morgan fingerprint density at radius 2 is 1.83 bits per heavy atom. The number of aryl methyl sites for hydroxylation is 1. The lowest BCUT2D eigenvalue weighted by atomic mass is 10.1. The van der Waals surface area contributed by atoms with Gasteiger partial charge in [0.05, 0.1) is 0 Å². The molecule has 0 fully saturated rings. The Morgan fingerprint density at radius 3 is 2.29 bits per heavy atom. The van der Waals surface area contributed by atoms with Crippen molar-refractivity contribution in [2.45, 2.75) is 23.4 Å². The van der Waals surface area contributed by atoms with Crippen molar-refractivity contribution in [3.05, 3.63) is 52.2 Å². The second kappa shape index (κ2) is 6.51. The zero-order valence-electron chi connectivity index (χ0n) is 12.1. The van der Waals surface area contributed by atoms with E-state index in [1.165, 1.54) is 13.0 Å². The zero-order valence-corrected chi connectivity index (χ0v) is 13.7. The summed E-state index contributed by atoms with van der Waals surface area (Å²) < 4.78 is 78.5. The van der Waals surface area contributed by atoms with E-state index in [1.54, 1.807) is 10.8 Å². The van der Waals surface area contributed by atoms with Crippen molar-refractivity contribution in [2.75, 3.05) is 0 Å². The van der Waals surface area contributed by atoms with E-state index in [0.717, 1.165) is 24.3 Å². The van der Waals surface area contributed by atoms with Gasteiger partial charge < -0.3 is 0 Å². The maximum absolute atomic E-state index is 13.3. The number of halogens is 4. The molecule has 10 heteroatoms. The van der Waals surface area contributed by atoms with E-state index in [9.17, 15) is 26.0 Å². The molecule has 0 aliphatic carbocycles. The summed E-state index contributed by atoms with van der Waals surface area (Å²) in [5, 5.41) is 8.79. The number of nitriles is 1. The molecular weight excluding hydrogens is 368 g/mol.